The summed E-state index contributed by atoms with van der Waals surface area (Å²) in [6, 6.07) is 7.53. The lowest BCUT2D eigenvalue weighted by molar-refractivity contribution is -0.131. The van der Waals surface area contributed by atoms with Crippen molar-refractivity contribution < 1.29 is 9.90 Å². The lowest BCUT2D eigenvalue weighted by Crippen LogP contribution is -2.34. The minimum atomic E-state index is -0.222. The van der Waals surface area contributed by atoms with Gasteiger partial charge in [-0.05, 0) is 43.4 Å². The Morgan fingerprint density at radius 2 is 2.20 bits per heavy atom. The quantitative estimate of drug-likeness (QED) is 0.805. The van der Waals surface area contributed by atoms with Gasteiger partial charge < -0.3 is 15.7 Å². The number of aliphatic hydroxyl groups is 1. The van der Waals surface area contributed by atoms with Crippen LogP contribution in [-0.2, 0) is 4.79 Å². The topological polar surface area (TPSA) is 66.6 Å². The normalized spacial score (nSPS) is 30.3. The van der Waals surface area contributed by atoms with Gasteiger partial charge in [-0.2, -0.15) is 0 Å². The van der Waals surface area contributed by atoms with Crippen molar-refractivity contribution in [2.45, 2.75) is 31.8 Å². The van der Waals surface area contributed by atoms with Crippen molar-refractivity contribution in [1.82, 2.24) is 4.90 Å². The van der Waals surface area contributed by atoms with Gasteiger partial charge in [0, 0.05) is 24.7 Å². The highest BCUT2D eigenvalue weighted by Crippen LogP contribution is 2.39. The van der Waals surface area contributed by atoms with Crippen LogP contribution in [0.4, 0.5) is 5.69 Å². The molecule has 1 aromatic rings. The maximum Gasteiger partial charge on any atom is 0.229 e. The van der Waals surface area contributed by atoms with Gasteiger partial charge in [-0.25, -0.2) is 0 Å². The SMILES string of the molecule is CC(C(=O)N1CC2CCC(O)C2C1)c1cccc(N)c1. The standard InChI is InChI=1S/C16H22N2O2/c1-10(11-3-2-4-13(17)7-11)16(20)18-8-12-5-6-15(19)14(12)9-18/h2-4,7,10,12,14-15,19H,5-6,8-9,17H2,1H3. The molecule has 20 heavy (non-hydrogen) atoms. The van der Waals surface area contributed by atoms with Crippen molar-refractivity contribution in [2.24, 2.45) is 11.8 Å². The number of benzene rings is 1. The van der Waals surface area contributed by atoms with Gasteiger partial charge in [-0.1, -0.05) is 12.1 Å². The summed E-state index contributed by atoms with van der Waals surface area (Å²) < 4.78 is 0. The molecule has 2 fully saturated rings. The first kappa shape index (κ1) is 13.4. The second-order valence-electron chi connectivity index (χ2n) is 6.20. The summed E-state index contributed by atoms with van der Waals surface area (Å²) >= 11 is 0. The van der Waals surface area contributed by atoms with E-state index in [0.717, 1.165) is 24.9 Å². The molecule has 1 amide bonds. The molecule has 3 rings (SSSR count). The van der Waals surface area contributed by atoms with Gasteiger partial charge in [-0.15, -0.1) is 0 Å². The monoisotopic (exact) mass is 274 g/mol. The first-order chi connectivity index (χ1) is 9.56. The fourth-order valence-corrected chi connectivity index (χ4v) is 3.66. The zero-order chi connectivity index (χ0) is 14.3. The summed E-state index contributed by atoms with van der Waals surface area (Å²) in [5.74, 6) is 0.751. The van der Waals surface area contributed by atoms with Crippen LogP contribution in [-0.4, -0.2) is 35.1 Å². The van der Waals surface area contributed by atoms with Gasteiger partial charge >= 0.3 is 0 Å². The van der Waals surface area contributed by atoms with E-state index in [2.05, 4.69) is 0 Å². The number of carbonyl (C=O) groups excluding carboxylic acids is 1. The smallest absolute Gasteiger partial charge is 0.229 e. The molecule has 4 atom stereocenters. The zero-order valence-electron chi connectivity index (χ0n) is 11.8. The number of amides is 1. The van der Waals surface area contributed by atoms with E-state index < -0.39 is 0 Å². The Morgan fingerprint density at radius 1 is 1.40 bits per heavy atom. The Kier molecular flexibility index (Phi) is 3.42. The minimum absolute atomic E-state index is 0.150. The molecule has 0 aromatic heterocycles. The number of likely N-dealkylation sites (tertiary alicyclic amines) is 1. The molecule has 0 bridgehead atoms. The third-order valence-corrected chi connectivity index (χ3v) is 4.91. The number of nitrogens with zero attached hydrogens (tertiary/aromatic N) is 1. The Bertz CT molecular complexity index is 517. The fourth-order valence-electron chi connectivity index (χ4n) is 3.66. The zero-order valence-corrected chi connectivity index (χ0v) is 11.8. The van der Waals surface area contributed by atoms with Gasteiger partial charge in [0.25, 0.3) is 0 Å². The Hall–Kier alpha value is -1.55. The van der Waals surface area contributed by atoms with E-state index >= 15 is 0 Å². The summed E-state index contributed by atoms with van der Waals surface area (Å²) in [4.78, 5) is 14.5. The van der Waals surface area contributed by atoms with Crippen LogP contribution in [0.2, 0.25) is 0 Å². The van der Waals surface area contributed by atoms with Crippen molar-refractivity contribution in [3.05, 3.63) is 29.8 Å². The highest BCUT2D eigenvalue weighted by molar-refractivity contribution is 5.84. The van der Waals surface area contributed by atoms with Crippen LogP contribution in [0.1, 0.15) is 31.2 Å². The number of aliphatic hydroxyl groups excluding tert-OH is 1. The summed E-state index contributed by atoms with van der Waals surface area (Å²) in [6.07, 6.45) is 1.71. The minimum Gasteiger partial charge on any atom is -0.399 e. The molecule has 0 spiro atoms. The molecule has 1 aromatic carbocycles. The number of nitrogen functional groups attached to an aromatic ring is 1. The average Bonchev–Trinajstić information content (AvgIpc) is 3.00. The van der Waals surface area contributed by atoms with Crippen LogP contribution >= 0.6 is 0 Å². The molecule has 1 aliphatic heterocycles. The Labute approximate surface area is 119 Å². The molecular weight excluding hydrogens is 252 g/mol. The number of nitrogens with two attached hydrogens (primary N) is 1. The number of carbonyl (C=O) groups is 1. The Morgan fingerprint density at radius 3 is 2.90 bits per heavy atom. The molecule has 1 aliphatic carbocycles. The van der Waals surface area contributed by atoms with E-state index in [0.29, 0.717) is 18.2 Å². The van der Waals surface area contributed by atoms with E-state index in [1.165, 1.54) is 0 Å². The highest BCUT2D eigenvalue weighted by atomic mass is 16.3. The second-order valence-corrected chi connectivity index (χ2v) is 6.20. The number of anilines is 1. The van der Waals surface area contributed by atoms with Crippen LogP contribution in [0.3, 0.4) is 0 Å². The van der Waals surface area contributed by atoms with E-state index in [-0.39, 0.29) is 23.8 Å². The predicted molar refractivity (Wildman–Crippen MR) is 78.1 cm³/mol. The number of rotatable bonds is 2. The van der Waals surface area contributed by atoms with E-state index in [1.54, 1.807) is 0 Å². The molecule has 1 saturated carbocycles. The number of fused-ring (bicyclic) bond motifs is 1. The van der Waals surface area contributed by atoms with Crippen molar-refractivity contribution in [3.8, 4) is 0 Å². The second kappa shape index (κ2) is 5.09. The predicted octanol–water partition coefficient (Wildman–Crippen LogP) is 1.60. The average molecular weight is 274 g/mol. The molecule has 108 valence electrons. The van der Waals surface area contributed by atoms with Gasteiger partial charge in [0.05, 0.1) is 12.0 Å². The first-order valence-electron chi connectivity index (χ1n) is 7.38. The van der Waals surface area contributed by atoms with Gasteiger partial charge in [0.1, 0.15) is 0 Å². The maximum absolute atomic E-state index is 12.6. The van der Waals surface area contributed by atoms with Crippen LogP contribution < -0.4 is 5.73 Å². The van der Waals surface area contributed by atoms with E-state index in [1.807, 2.05) is 36.1 Å². The molecule has 1 saturated heterocycles. The molecule has 0 radical (unpaired) electrons. The van der Waals surface area contributed by atoms with Gasteiger partial charge in [0.15, 0.2) is 0 Å². The third-order valence-electron chi connectivity index (χ3n) is 4.91. The molecule has 3 N–H and O–H groups in total. The highest BCUT2D eigenvalue weighted by Gasteiger charge is 2.43. The maximum atomic E-state index is 12.6. The van der Waals surface area contributed by atoms with Crippen LogP contribution in [0.15, 0.2) is 24.3 Å². The van der Waals surface area contributed by atoms with Gasteiger partial charge in [0.2, 0.25) is 5.91 Å². The number of hydrogen-bond acceptors (Lipinski definition) is 3. The van der Waals surface area contributed by atoms with Crippen molar-refractivity contribution >= 4 is 11.6 Å². The molecule has 4 heteroatoms. The van der Waals surface area contributed by atoms with Crippen LogP contribution in [0.25, 0.3) is 0 Å². The summed E-state index contributed by atoms with van der Waals surface area (Å²) in [6.45, 7) is 3.44. The molecule has 2 aliphatic rings. The van der Waals surface area contributed by atoms with Crippen LogP contribution in [0, 0.1) is 11.8 Å². The lowest BCUT2D eigenvalue weighted by Gasteiger charge is -2.22. The largest absolute Gasteiger partial charge is 0.399 e. The summed E-state index contributed by atoms with van der Waals surface area (Å²) in [7, 11) is 0. The van der Waals surface area contributed by atoms with Crippen molar-refractivity contribution in [3.63, 3.8) is 0 Å². The number of hydrogen-bond donors (Lipinski definition) is 2. The van der Waals surface area contributed by atoms with Gasteiger partial charge in [-0.3, -0.25) is 4.79 Å². The summed E-state index contributed by atoms with van der Waals surface area (Å²) in [5, 5.41) is 9.94. The van der Waals surface area contributed by atoms with E-state index in [4.69, 9.17) is 5.73 Å². The molecular formula is C16H22N2O2. The fraction of sp³-hybridized carbons (Fsp3) is 0.562. The van der Waals surface area contributed by atoms with Crippen molar-refractivity contribution in [2.75, 3.05) is 18.8 Å². The molecule has 4 unspecified atom stereocenters. The van der Waals surface area contributed by atoms with Crippen molar-refractivity contribution in [1.29, 1.82) is 0 Å². The first-order valence-corrected chi connectivity index (χ1v) is 7.38. The molecule has 1 heterocycles. The molecule has 4 nitrogen and oxygen atoms in total. The lowest BCUT2D eigenvalue weighted by atomic mass is 9.99. The van der Waals surface area contributed by atoms with Crippen LogP contribution in [0.5, 0.6) is 0 Å². The van der Waals surface area contributed by atoms with E-state index in [9.17, 15) is 9.90 Å². The third kappa shape index (κ3) is 2.29. The summed E-state index contributed by atoms with van der Waals surface area (Å²) in [5.41, 5.74) is 7.44. The Balaban J connectivity index is 1.71.